The van der Waals surface area contributed by atoms with Gasteiger partial charge in [0.2, 0.25) is 11.8 Å². The number of carbonyl (C=O) groups excluding carboxylic acids is 2. The van der Waals surface area contributed by atoms with Gasteiger partial charge >= 0.3 is 0 Å². The first-order valence-corrected chi connectivity index (χ1v) is 8.11. The van der Waals surface area contributed by atoms with E-state index in [9.17, 15) is 9.59 Å². The van der Waals surface area contributed by atoms with E-state index in [0.29, 0.717) is 11.8 Å². The Balaban J connectivity index is 1.66. The van der Waals surface area contributed by atoms with Crippen LogP contribution in [-0.2, 0) is 9.59 Å². The van der Waals surface area contributed by atoms with Crippen LogP contribution in [0, 0.1) is 23.7 Å². The van der Waals surface area contributed by atoms with Crippen LogP contribution in [-0.4, -0.2) is 11.8 Å². The van der Waals surface area contributed by atoms with E-state index in [1.165, 1.54) is 4.90 Å². The normalized spacial score (nSPS) is 33.0. The third kappa shape index (κ3) is 1.41. The summed E-state index contributed by atoms with van der Waals surface area (Å²) in [6, 6.07) is 13.8. The molecule has 1 saturated heterocycles. The largest absolute Gasteiger partial charge is 0.274 e. The van der Waals surface area contributed by atoms with Gasteiger partial charge in [-0.15, -0.1) is 0 Å². The Morgan fingerprint density at radius 2 is 1.45 bits per heavy atom. The number of imide groups is 1. The van der Waals surface area contributed by atoms with Gasteiger partial charge in [0, 0.05) is 5.39 Å². The van der Waals surface area contributed by atoms with E-state index >= 15 is 0 Å². The van der Waals surface area contributed by atoms with Crippen molar-refractivity contribution in [1.29, 1.82) is 0 Å². The molecule has 22 heavy (non-hydrogen) atoms. The lowest BCUT2D eigenvalue weighted by Gasteiger charge is -2.19. The predicted molar refractivity (Wildman–Crippen MR) is 84.3 cm³/mol. The maximum Gasteiger partial charge on any atom is 0.237 e. The highest BCUT2D eigenvalue weighted by molar-refractivity contribution is 6.25. The van der Waals surface area contributed by atoms with Gasteiger partial charge in [-0.3, -0.25) is 9.59 Å². The Bertz CT molecular complexity index is 779. The van der Waals surface area contributed by atoms with Crippen LogP contribution in [0.25, 0.3) is 10.8 Å². The van der Waals surface area contributed by atoms with Crippen LogP contribution < -0.4 is 4.90 Å². The van der Waals surface area contributed by atoms with E-state index < -0.39 is 0 Å². The molecule has 2 aromatic rings. The van der Waals surface area contributed by atoms with Crippen LogP contribution in [0.1, 0.15) is 19.3 Å². The summed E-state index contributed by atoms with van der Waals surface area (Å²) in [7, 11) is 0. The molecule has 0 aromatic heterocycles. The molecule has 1 aliphatic heterocycles. The highest BCUT2D eigenvalue weighted by atomic mass is 16.2. The SMILES string of the molecule is O=C1C2C3CCC(C3)C2C(=O)N1c1cccc2ccccc12. The first kappa shape index (κ1) is 12.4. The van der Waals surface area contributed by atoms with Crippen molar-refractivity contribution >= 4 is 28.3 Å². The minimum Gasteiger partial charge on any atom is -0.274 e. The summed E-state index contributed by atoms with van der Waals surface area (Å²) < 4.78 is 0. The Morgan fingerprint density at radius 1 is 0.818 bits per heavy atom. The molecule has 110 valence electrons. The van der Waals surface area contributed by atoms with Gasteiger partial charge in [0.15, 0.2) is 0 Å². The van der Waals surface area contributed by atoms with Crippen molar-refractivity contribution in [2.24, 2.45) is 23.7 Å². The quantitative estimate of drug-likeness (QED) is 0.755. The van der Waals surface area contributed by atoms with Gasteiger partial charge in [-0.25, -0.2) is 4.90 Å². The van der Waals surface area contributed by atoms with Gasteiger partial charge in [0.05, 0.1) is 17.5 Å². The summed E-state index contributed by atoms with van der Waals surface area (Å²) in [5.41, 5.74) is 0.766. The molecule has 3 heteroatoms. The molecule has 2 aromatic carbocycles. The molecule has 2 saturated carbocycles. The van der Waals surface area contributed by atoms with Crippen molar-refractivity contribution < 1.29 is 9.59 Å². The number of carbonyl (C=O) groups is 2. The molecule has 4 unspecified atom stereocenters. The molecular formula is C19H17NO2. The number of benzene rings is 2. The van der Waals surface area contributed by atoms with Gasteiger partial charge in [-0.1, -0.05) is 36.4 Å². The number of fused-ring (bicyclic) bond motifs is 6. The van der Waals surface area contributed by atoms with Crippen molar-refractivity contribution in [3.05, 3.63) is 42.5 Å². The number of anilines is 1. The first-order chi connectivity index (χ1) is 10.8. The molecule has 3 aliphatic rings. The maximum atomic E-state index is 12.9. The van der Waals surface area contributed by atoms with E-state index in [-0.39, 0.29) is 23.7 Å². The zero-order chi connectivity index (χ0) is 14.8. The lowest BCUT2D eigenvalue weighted by Crippen LogP contribution is -2.32. The fourth-order valence-corrected chi connectivity index (χ4v) is 5.05. The molecular weight excluding hydrogens is 274 g/mol. The van der Waals surface area contributed by atoms with E-state index in [2.05, 4.69) is 0 Å². The topological polar surface area (TPSA) is 37.4 Å². The standard InChI is InChI=1S/C19H17NO2/c21-18-16-12-8-9-13(10-12)17(16)19(22)20(18)15-7-3-5-11-4-1-2-6-14(11)15/h1-7,12-13,16-17H,8-10H2. The number of rotatable bonds is 1. The monoisotopic (exact) mass is 291 g/mol. The molecule has 0 spiro atoms. The first-order valence-electron chi connectivity index (χ1n) is 8.11. The minimum absolute atomic E-state index is 0.0403. The van der Waals surface area contributed by atoms with Crippen LogP contribution in [0.4, 0.5) is 5.69 Å². The third-order valence-electron chi connectivity index (χ3n) is 5.93. The summed E-state index contributed by atoms with van der Waals surface area (Å²) in [6.45, 7) is 0. The second kappa shape index (κ2) is 4.19. The van der Waals surface area contributed by atoms with E-state index in [4.69, 9.17) is 0 Å². The summed E-state index contributed by atoms with van der Waals surface area (Å²) in [6.07, 6.45) is 3.32. The number of hydrogen-bond donors (Lipinski definition) is 0. The number of hydrogen-bond acceptors (Lipinski definition) is 2. The van der Waals surface area contributed by atoms with Crippen LogP contribution >= 0.6 is 0 Å². The van der Waals surface area contributed by atoms with Crippen LogP contribution in [0.5, 0.6) is 0 Å². The highest BCUT2D eigenvalue weighted by Crippen LogP contribution is 2.56. The summed E-state index contributed by atoms with van der Waals surface area (Å²) in [5, 5.41) is 2.06. The van der Waals surface area contributed by atoms with E-state index in [1.54, 1.807) is 0 Å². The Labute approximate surface area is 128 Å². The molecule has 5 rings (SSSR count). The Morgan fingerprint density at radius 3 is 2.18 bits per heavy atom. The lowest BCUT2D eigenvalue weighted by atomic mass is 9.81. The van der Waals surface area contributed by atoms with Crippen LogP contribution in [0.2, 0.25) is 0 Å². The molecule has 0 N–H and O–H groups in total. The van der Waals surface area contributed by atoms with E-state index in [1.807, 2.05) is 42.5 Å². The van der Waals surface area contributed by atoms with Crippen LogP contribution in [0.15, 0.2) is 42.5 Å². The second-order valence-electron chi connectivity index (χ2n) is 6.89. The molecule has 4 atom stereocenters. The van der Waals surface area contributed by atoms with Gasteiger partial charge in [-0.05, 0) is 42.6 Å². The van der Waals surface area contributed by atoms with Gasteiger partial charge in [-0.2, -0.15) is 0 Å². The smallest absolute Gasteiger partial charge is 0.237 e. The van der Waals surface area contributed by atoms with Crippen LogP contribution in [0.3, 0.4) is 0 Å². The summed E-state index contributed by atoms with van der Waals surface area (Å²) >= 11 is 0. The average Bonchev–Trinajstić information content (AvgIpc) is 3.21. The molecule has 3 fully saturated rings. The average molecular weight is 291 g/mol. The van der Waals surface area contributed by atoms with Gasteiger partial charge in [0.1, 0.15) is 0 Å². The fraction of sp³-hybridized carbons (Fsp3) is 0.368. The van der Waals surface area contributed by atoms with Crippen molar-refractivity contribution in [2.75, 3.05) is 4.90 Å². The molecule has 2 aliphatic carbocycles. The molecule has 2 amide bonds. The number of nitrogens with zero attached hydrogens (tertiary/aromatic N) is 1. The van der Waals surface area contributed by atoms with E-state index in [0.717, 1.165) is 35.7 Å². The Kier molecular flexibility index (Phi) is 2.36. The lowest BCUT2D eigenvalue weighted by molar-refractivity contribution is -0.123. The summed E-state index contributed by atoms with van der Waals surface area (Å²) in [4.78, 5) is 27.4. The predicted octanol–water partition coefficient (Wildman–Crippen LogP) is 3.38. The van der Waals surface area contributed by atoms with Crippen molar-refractivity contribution in [3.63, 3.8) is 0 Å². The Hall–Kier alpha value is -2.16. The molecule has 2 bridgehead atoms. The minimum atomic E-state index is -0.0507. The highest BCUT2D eigenvalue weighted by Gasteiger charge is 2.61. The second-order valence-corrected chi connectivity index (χ2v) is 6.89. The van der Waals surface area contributed by atoms with Gasteiger partial charge in [0.25, 0.3) is 0 Å². The number of amides is 2. The zero-order valence-corrected chi connectivity index (χ0v) is 12.2. The molecule has 1 heterocycles. The molecule has 3 nitrogen and oxygen atoms in total. The van der Waals surface area contributed by atoms with Crippen molar-refractivity contribution in [3.8, 4) is 0 Å². The van der Waals surface area contributed by atoms with Crippen molar-refractivity contribution in [1.82, 2.24) is 0 Å². The molecule has 0 radical (unpaired) electrons. The van der Waals surface area contributed by atoms with Crippen molar-refractivity contribution in [2.45, 2.75) is 19.3 Å². The van der Waals surface area contributed by atoms with Gasteiger partial charge < -0.3 is 0 Å². The summed E-state index contributed by atoms with van der Waals surface area (Å²) in [5.74, 6) is 0.852. The third-order valence-corrected chi connectivity index (χ3v) is 5.93. The zero-order valence-electron chi connectivity index (χ0n) is 12.2. The fourth-order valence-electron chi connectivity index (χ4n) is 5.05. The maximum absolute atomic E-state index is 12.9.